The molecule has 254 valence electrons. The van der Waals surface area contributed by atoms with E-state index in [1.807, 2.05) is 13.0 Å². The zero-order valence-electron chi connectivity index (χ0n) is 26.7. The van der Waals surface area contributed by atoms with Gasteiger partial charge in [0, 0.05) is 70.0 Å². The Bertz CT molecular complexity index is 1580. The Hall–Kier alpha value is -4.73. The second-order valence-electron chi connectivity index (χ2n) is 11.3. The lowest BCUT2D eigenvalue weighted by Gasteiger charge is -2.20. The van der Waals surface area contributed by atoms with E-state index in [1.165, 1.54) is 23.2 Å². The zero-order chi connectivity index (χ0) is 34.6. The van der Waals surface area contributed by atoms with Crippen molar-refractivity contribution >= 4 is 45.3 Å². The molecule has 1 aliphatic heterocycles. The predicted octanol–water partition coefficient (Wildman–Crippen LogP) is 1.12. The van der Waals surface area contributed by atoms with Crippen molar-refractivity contribution in [3.8, 4) is 11.4 Å². The number of rotatable bonds is 17. The van der Waals surface area contributed by atoms with E-state index in [1.54, 1.807) is 19.3 Å². The third-order valence-electron chi connectivity index (χ3n) is 7.18. The van der Waals surface area contributed by atoms with Gasteiger partial charge in [-0.05, 0) is 49.6 Å². The number of pyridine rings is 2. The lowest BCUT2D eigenvalue weighted by Crippen LogP contribution is -2.51. The molecule has 16 heteroatoms. The number of aromatic nitrogens is 2. The van der Waals surface area contributed by atoms with Crippen LogP contribution in [0.5, 0.6) is 0 Å². The van der Waals surface area contributed by atoms with E-state index in [-0.39, 0.29) is 50.2 Å². The van der Waals surface area contributed by atoms with Crippen molar-refractivity contribution in [3.05, 3.63) is 47.8 Å². The van der Waals surface area contributed by atoms with Crippen molar-refractivity contribution < 1.29 is 42.0 Å². The Kier molecular flexibility index (Phi) is 13.5. The topological polar surface area (TPSA) is 202 Å². The van der Waals surface area contributed by atoms with Gasteiger partial charge in [0.05, 0.1) is 17.1 Å². The van der Waals surface area contributed by atoms with Crippen LogP contribution in [0.4, 0.5) is 0 Å². The number of hydrogen-bond acceptors (Lipinski definition) is 11. The number of hydrogen-bond donors (Lipinski definition) is 2. The quantitative estimate of drug-likeness (QED) is 0.180. The molecule has 3 rings (SSSR count). The van der Waals surface area contributed by atoms with E-state index >= 15 is 0 Å². The second-order valence-corrected chi connectivity index (χ2v) is 13.5. The second kappa shape index (κ2) is 17.3. The molecule has 1 saturated heterocycles. The van der Waals surface area contributed by atoms with Gasteiger partial charge in [0.25, 0.3) is 17.7 Å². The summed E-state index contributed by atoms with van der Waals surface area (Å²) in [7, 11) is -2.08. The Morgan fingerprint density at radius 3 is 2.21 bits per heavy atom. The standard InChI is InChI=1S/C31H40N6O9S/c1-21-12-14-32-23(18-21)24-19-22(13-15-33-24)30(42)35-25(20-47(3,44)45)31(43)34-16-17-36(2)26(38)8-6-4-5-7-9-29(41)46-37-27(39)10-11-28(37)40/h12-15,18-19,25H,4-11,16-17,20H2,1-3H3,(H,34,43)(H,35,42). The molecule has 1 fully saturated rings. The molecule has 1 aliphatic rings. The molecule has 0 bridgehead atoms. The minimum Gasteiger partial charge on any atom is -0.353 e. The van der Waals surface area contributed by atoms with Crippen LogP contribution in [0.3, 0.4) is 0 Å². The van der Waals surface area contributed by atoms with Crippen molar-refractivity contribution in [3.63, 3.8) is 0 Å². The molecular formula is C31H40N6O9S. The van der Waals surface area contributed by atoms with Crippen LogP contribution in [0.2, 0.25) is 0 Å². The Balaban J connectivity index is 1.40. The van der Waals surface area contributed by atoms with E-state index in [9.17, 15) is 37.2 Å². The van der Waals surface area contributed by atoms with Crippen LogP contribution in [0.1, 0.15) is 67.3 Å². The smallest absolute Gasteiger partial charge is 0.333 e. The number of imide groups is 1. The maximum atomic E-state index is 13.0. The number of unbranched alkanes of at least 4 members (excludes halogenated alkanes) is 3. The molecule has 15 nitrogen and oxygen atoms in total. The summed E-state index contributed by atoms with van der Waals surface area (Å²) in [6, 6.07) is 5.20. The van der Waals surface area contributed by atoms with Gasteiger partial charge in [-0.25, -0.2) is 13.2 Å². The van der Waals surface area contributed by atoms with E-state index in [0.29, 0.717) is 42.1 Å². The van der Waals surface area contributed by atoms with Gasteiger partial charge in [0.15, 0.2) is 0 Å². The zero-order valence-corrected chi connectivity index (χ0v) is 27.5. The number of nitrogens with zero attached hydrogens (tertiary/aromatic N) is 4. The SMILES string of the molecule is Cc1ccnc(-c2cc(C(=O)NC(CS(C)(=O)=O)C(=O)NCCN(C)C(=O)CCCCCCC(=O)ON3C(=O)CCC3=O)ccn2)c1. The minimum absolute atomic E-state index is 0.0276. The molecule has 2 aromatic heterocycles. The summed E-state index contributed by atoms with van der Waals surface area (Å²) >= 11 is 0. The summed E-state index contributed by atoms with van der Waals surface area (Å²) in [4.78, 5) is 88.1. The number of sulfone groups is 1. The number of amides is 5. The van der Waals surface area contributed by atoms with Crippen LogP contribution < -0.4 is 10.6 Å². The average Bonchev–Trinajstić information content (AvgIpc) is 3.33. The molecule has 0 radical (unpaired) electrons. The van der Waals surface area contributed by atoms with Gasteiger partial charge < -0.3 is 20.4 Å². The molecule has 0 saturated carbocycles. The third kappa shape index (κ3) is 12.2. The summed E-state index contributed by atoms with van der Waals surface area (Å²) in [5.41, 5.74) is 2.12. The van der Waals surface area contributed by atoms with Gasteiger partial charge >= 0.3 is 5.97 Å². The van der Waals surface area contributed by atoms with E-state index in [2.05, 4.69) is 20.6 Å². The molecule has 1 unspecified atom stereocenters. The number of likely N-dealkylation sites (N-methyl/N-ethyl adjacent to an activating group) is 1. The summed E-state index contributed by atoms with van der Waals surface area (Å²) in [5.74, 6) is -3.88. The molecule has 5 amide bonds. The third-order valence-corrected chi connectivity index (χ3v) is 8.12. The van der Waals surface area contributed by atoms with Gasteiger partial charge in [-0.3, -0.25) is 33.9 Å². The van der Waals surface area contributed by atoms with Gasteiger partial charge in [-0.2, -0.15) is 0 Å². The number of nitrogens with one attached hydrogen (secondary N) is 2. The van der Waals surface area contributed by atoms with Crippen LogP contribution >= 0.6 is 0 Å². The summed E-state index contributed by atoms with van der Waals surface area (Å²) < 4.78 is 24.1. The average molecular weight is 673 g/mol. The number of carbonyl (C=O) groups is 6. The highest BCUT2D eigenvalue weighted by Crippen LogP contribution is 2.17. The monoisotopic (exact) mass is 672 g/mol. The largest absolute Gasteiger partial charge is 0.353 e. The predicted molar refractivity (Wildman–Crippen MR) is 169 cm³/mol. The molecule has 1 atom stereocenters. The maximum Gasteiger partial charge on any atom is 0.333 e. The highest BCUT2D eigenvalue weighted by molar-refractivity contribution is 7.90. The molecule has 3 heterocycles. The fraction of sp³-hybridized carbons (Fsp3) is 0.484. The number of carbonyl (C=O) groups excluding carboxylic acids is 6. The first kappa shape index (κ1) is 36.7. The number of aryl methyl sites for hydroxylation is 1. The van der Waals surface area contributed by atoms with Crippen LogP contribution in [-0.2, 0) is 38.6 Å². The molecule has 0 spiro atoms. The van der Waals surface area contributed by atoms with Crippen LogP contribution in [-0.4, -0.2) is 102 Å². The lowest BCUT2D eigenvalue weighted by molar-refractivity contribution is -0.197. The van der Waals surface area contributed by atoms with Crippen molar-refractivity contribution in [2.75, 3.05) is 32.1 Å². The highest BCUT2D eigenvalue weighted by atomic mass is 32.2. The first-order valence-electron chi connectivity index (χ1n) is 15.2. The molecule has 2 aromatic rings. The summed E-state index contributed by atoms with van der Waals surface area (Å²) in [6.45, 7) is 2.07. The van der Waals surface area contributed by atoms with Crippen molar-refractivity contribution in [1.29, 1.82) is 0 Å². The van der Waals surface area contributed by atoms with Crippen molar-refractivity contribution in [1.82, 2.24) is 30.6 Å². The van der Waals surface area contributed by atoms with Crippen LogP contribution in [0.15, 0.2) is 36.7 Å². The highest BCUT2D eigenvalue weighted by Gasteiger charge is 2.32. The Morgan fingerprint density at radius 1 is 0.957 bits per heavy atom. The van der Waals surface area contributed by atoms with Gasteiger partial charge in [0.1, 0.15) is 15.9 Å². The molecule has 0 aromatic carbocycles. The van der Waals surface area contributed by atoms with E-state index in [0.717, 1.165) is 11.8 Å². The lowest BCUT2D eigenvalue weighted by atomic mass is 10.1. The van der Waals surface area contributed by atoms with Crippen LogP contribution in [0, 0.1) is 6.92 Å². The Labute approximate surface area is 273 Å². The summed E-state index contributed by atoms with van der Waals surface area (Å²) in [6.07, 6.45) is 6.69. The normalized spacial score (nSPS) is 13.6. The van der Waals surface area contributed by atoms with Crippen molar-refractivity contribution in [2.24, 2.45) is 0 Å². The first-order chi connectivity index (χ1) is 22.2. The first-order valence-corrected chi connectivity index (χ1v) is 17.3. The molecule has 0 aliphatic carbocycles. The van der Waals surface area contributed by atoms with E-state index in [4.69, 9.17) is 4.84 Å². The molecular weight excluding hydrogens is 632 g/mol. The van der Waals surface area contributed by atoms with Gasteiger partial charge in [-0.1, -0.05) is 12.8 Å². The Morgan fingerprint density at radius 2 is 1.57 bits per heavy atom. The number of hydroxylamine groups is 2. The minimum atomic E-state index is -3.66. The van der Waals surface area contributed by atoms with Crippen LogP contribution in [0.25, 0.3) is 11.4 Å². The molecule has 2 N–H and O–H groups in total. The summed E-state index contributed by atoms with van der Waals surface area (Å²) in [5, 5.41) is 5.61. The maximum absolute atomic E-state index is 13.0. The van der Waals surface area contributed by atoms with Gasteiger partial charge in [0.2, 0.25) is 11.8 Å². The van der Waals surface area contributed by atoms with Gasteiger partial charge in [-0.15, -0.1) is 5.06 Å². The fourth-order valence-electron chi connectivity index (χ4n) is 4.61. The van der Waals surface area contributed by atoms with Crippen molar-refractivity contribution in [2.45, 2.75) is 64.3 Å². The van der Waals surface area contributed by atoms with E-state index < -0.39 is 51.2 Å². The molecule has 47 heavy (non-hydrogen) atoms. The fourth-order valence-corrected chi connectivity index (χ4v) is 5.45.